The minimum Gasteiger partial charge on any atom is -0.497 e. The van der Waals surface area contributed by atoms with E-state index in [2.05, 4.69) is 5.32 Å². The summed E-state index contributed by atoms with van der Waals surface area (Å²) in [6.07, 6.45) is 2.01. The van der Waals surface area contributed by atoms with Crippen LogP contribution in [0.1, 0.15) is 12.5 Å². The number of nitrogens with one attached hydrogen (secondary N) is 1. The zero-order valence-electron chi connectivity index (χ0n) is 13.6. The van der Waals surface area contributed by atoms with E-state index in [0.29, 0.717) is 5.69 Å². The molecule has 0 aliphatic heterocycles. The number of para-hydroxylation sites is 1. The molecule has 124 valence electrons. The number of rotatable bonds is 6. The lowest BCUT2D eigenvalue weighted by Gasteiger charge is -2.12. The molecule has 0 aromatic heterocycles. The Labute approximate surface area is 140 Å². The predicted molar refractivity (Wildman–Crippen MR) is 92.7 cm³/mol. The molecule has 2 rings (SSSR count). The molecule has 1 unspecified atom stereocenters. The average Bonchev–Trinajstić information content (AvgIpc) is 2.61. The lowest BCUT2D eigenvalue weighted by Crippen LogP contribution is -2.29. The van der Waals surface area contributed by atoms with Gasteiger partial charge in [0.2, 0.25) is 0 Å². The number of hydrogen-bond donors (Lipinski definition) is 1. The number of carbonyl (C=O) groups excluding carboxylic acids is 2. The molecule has 1 atom stereocenters. The van der Waals surface area contributed by atoms with E-state index in [0.717, 1.165) is 11.3 Å². The molecule has 0 fully saturated rings. The van der Waals surface area contributed by atoms with E-state index >= 15 is 0 Å². The first kappa shape index (κ1) is 17.3. The van der Waals surface area contributed by atoms with Crippen molar-refractivity contribution in [2.24, 2.45) is 0 Å². The van der Waals surface area contributed by atoms with Crippen molar-refractivity contribution in [1.82, 2.24) is 0 Å². The van der Waals surface area contributed by atoms with Gasteiger partial charge in [0.15, 0.2) is 6.10 Å². The first-order valence-corrected chi connectivity index (χ1v) is 7.47. The summed E-state index contributed by atoms with van der Waals surface area (Å²) in [5.74, 6) is -0.227. The van der Waals surface area contributed by atoms with Crippen LogP contribution in [0.2, 0.25) is 0 Å². The third-order valence-corrected chi connectivity index (χ3v) is 3.23. The van der Waals surface area contributed by atoms with Crippen molar-refractivity contribution >= 4 is 23.6 Å². The number of anilines is 1. The van der Waals surface area contributed by atoms with Gasteiger partial charge in [0.05, 0.1) is 7.11 Å². The van der Waals surface area contributed by atoms with Gasteiger partial charge in [-0.3, -0.25) is 4.79 Å². The summed E-state index contributed by atoms with van der Waals surface area (Å²) in [6, 6.07) is 16.2. The summed E-state index contributed by atoms with van der Waals surface area (Å²) in [5, 5.41) is 2.68. The maximum absolute atomic E-state index is 12.0. The van der Waals surface area contributed by atoms with Gasteiger partial charge in [-0.05, 0) is 42.8 Å². The lowest BCUT2D eigenvalue weighted by atomic mass is 10.2. The second kappa shape index (κ2) is 8.53. The van der Waals surface area contributed by atoms with Crippen LogP contribution < -0.4 is 10.1 Å². The van der Waals surface area contributed by atoms with Gasteiger partial charge in [-0.2, -0.15) is 0 Å². The Bertz CT molecular complexity index is 708. The summed E-state index contributed by atoms with van der Waals surface area (Å²) < 4.78 is 10.2. The van der Waals surface area contributed by atoms with Crippen LogP contribution in [0.25, 0.3) is 6.08 Å². The predicted octanol–water partition coefficient (Wildman–Crippen LogP) is 3.28. The third-order valence-electron chi connectivity index (χ3n) is 3.23. The molecule has 0 bridgehead atoms. The van der Waals surface area contributed by atoms with Crippen LogP contribution >= 0.6 is 0 Å². The SMILES string of the molecule is COc1ccc(/C=C/C(=O)OC(C)C(=O)Nc2ccccc2)cc1. The minimum atomic E-state index is -0.891. The first-order chi connectivity index (χ1) is 11.6. The fourth-order valence-electron chi connectivity index (χ4n) is 1.91. The molecular formula is C19H19NO4. The van der Waals surface area contributed by atoms with Gasteiger partial charge < -0.3 is 14.8 Å². The van der Waals surface area contributed by atoms with Gasteiger partial charge in [-0.1, -0.05) is 30.3 Å². The maximum Gasteiger partial charge on any atom is 0.331 e. The van der Waals surface area contributed by atoms with Crippen LogP contribution in [0.4, 0.5) is 5.69 Å². The van der Waals surface area contributed by atoms with Gasteiger partial charge in [0, 0.05) is 11.8 Å². The molecule has 0 spiro atoms. The van der Waals surface area contributed by atoms with Crippen molar-refractivity contribution < 1.29 is 19.1 Å². The minimum absolute atomic E-state index is 0.382. The number of ether oxygens (including phenoxy) is 2. The zero-order valence-corrected chi connectivity index (χ0v) is 13.6. The highest BCUT2D eigenvalue weighted by Gasteiger charge is 2.16. The highest BCUT2D eigenvalue weighted by atomic mass is 16.5. The fourth-order valence-corrected chi connectivity index (χ4v) is 1.91. The van der Waals surface area contributed by atoms with Crippen LogP contribution in [-0.2, 0) is 14.3 Å². The topological polar surface area (TPSA) is 64.6 Å². The van der Waals surface area contributed by atoms with Crippen LogP contribution in [0.5, 0.6) is 5.75 Å². The van der Waals surface area contributed by atoms with Crippen LogP contribution in [0.3, 0.4) is 0 Å². The Hall–Kier alpha value is -3.08. The molecular weight excluding hydrogens is 306 g/mol. The Morgan fingerprint density at radius 1 is 1.04 bits per heavy atom. The lowest BCUT2D eigenvalue weighted by molar-refractivity contribution is -0.148. The molecule has 2 aromatic carbocycles. The van der Waals surface area contributed by atoms with Crippen molar-refractivity contribution in [3.8, 4) is 5.75 Å². The van der Waals surface area contributed by atoms with Crippen molar-refractivity contribution in [3.63, 3.8) is 0 Å². The molecule has 0 aliphatic carbocycles. The van der Waals surface area contributed by atoms with E-state index < -0.39 is 12.1 Å². The second-order valence-electron chi connectivity index (χ2n) is 5.04. The first-order valence-electron chi connectivity index (χ1n) is 7.47. The Morgan fingerprint density at radius 2 is 1.71 bits per heavy atom. The average molecular weight is 325 g/mol. The van der Waals surface area contributed by atoms with E-state index in [1.807, 2.05) is 30.3 Å². The zero-order chi connectivity index (χ0) is 17.4. The molecule has 1 amide bonds. The molecule has 1 N–H and O–H groups in total. The fraction of sp³-hybridized carbons (Fsp3) is 0.158. The summed E-state index contributed by atoms with van der Waals surface area (Å²) in [5.41, 5.74) is 1.48. The van der Waals surface area contributed by atoms with Crippen LogP contribution in [0, 0.1) is 0 Å². The van der Waals surface area contributed by atoms with Gasteiger partial charge in [-0.25, -0.2) is 4.79 Å². The van der Waals surface area contributed by atoms with Crippen LogP contribution in [-0.4, -0.2) is 25.1 Å². The number of esters is 1. The number of benzene rings is 2. The molecule has 5 nitrogen and oxygen atoms in total. The van der Waals surface area contributed by atoms with Crippen molar-refractivity contribution in [3.05, 3.63) is 66.2 Å². The molecule has 0 heterocycles. The number of methoxy groups -OCH3 is 1. The highest BCUT2D eigenvalue weighted by molar-refractivity contribution is 5.96. The maximum atomic E-state index is 12.0. The second-order valence-corrected chi connectivity index (χ2v) is 5.04. The Morgan fingerprint density at radius 3 is 2.33 bits per heavy atom. The van der Waals surface area contributed by atoms with Gasteiger partial charge in [0.1, 0.15) is 5.75 Å². The van der Waals surface area contributed by atoms with Crippen LogP contribution in [0.15, 0.2) is 60.7 Å². The molecule has 0 radical (unpaired) electrons. The number of hydrogen-bond acceptors (Lipinski definition) is 4. The van der Waals surface area contributed by atoms with E-state index in [4.69, 9.17) is 9.47 Å². The number of carbonyl (C=O) groups is 2. The number of amides is 1. The summed E-state index contributed by atoms with van der Waals surface area (Å²) in [4.78, 5) is 23.8. The van der Waals surface area contributed by atoms with E-state index in [-0.39, 0.29) is 5.91 Å². The van der Waals surface area contributed by atoms with E-state index in [9.17, 15) is 9.59 Å². The monoisotopic (exact) mass is 325 g/mol. The molecule has 5 heteroatoms. The molecule has 0 aliphatic rings. The Balaban J connectivity index is 1.86. The van der Waals surface area contributed by atoms with E-state index in [1.165, 1.54) is 13.0 Å². The quantitative estimate of drug-likeness (QED) is 0.654. The summed E-state index contributed by atoms with van der Waals surface area (Å²) >= 11 is 0. The van der Waals surface area contributed by atoms with Crippen molar-refractivity contribution in [2.45, 2.75) is 13.0 Å². The molecule has 2 aromatic rings. The van der Waals surface area contributed by atoms with Crippen molar-refractivity contribution in [1.29, 1.82) is 0 Å². The smallest absolute Gasteiger partial charge is 0.331 e. The summed E-state index contributed by atoms with van der Waals surface area (Å²) in [7, 11) is 1.59. The normalized spacial score (nSPS) is 11.8. The Kier molecular flexibility index (Phi) is 6.14. The van der Waals surface area contributed by atoms with E-state index in [1.54, 1.807) is 37.5 Å². The van der Waals surface area contributed by atoms with Gasteiger partial charge >= 0.3 is 5.97 Å². The molecule has 0 saturated carbocycles. The third kappa shape index (κ3) is 5.28. The standard InChI is InChI=1S/C19H19NO4/c1-14(19(22)20-16-6-4-3-5-7-16)24-18(21)13-10-15-8-11-17(23-2)12-9-15/h3-14H,1-2H3,(H,20,22)/b13-10+. The van der Waals surface area contributed by atoms with Gasteiger partial charge in [-0.15, -0.1) is 0 Å². The molecule has 24 heavy (non-hydrogen) atoms. The highest BCUT2D eigenvalue weighted by Crippen LogP contribution is 2.12. The molecule has 0 saturated heterocycles. The largest absolute Gasteiger partial charge is 0.497 e. The summed E-state index contributed by atoms with van der Waals surface area (Å²) in [6.45, 7) is 1.53. The van der Waals surface area contributed by atoms with Crippen molar-refractivity contribution in [2.75, 3.05) is 12.4 Å². The van der Waals surface area contributed by atoms with Gasteiger partial charge in [0.25, 0.3) is 5.91 Å².